The van der Waals surface area contributed by atoms with Crippen molar-refractivity contribution in [3.8, 4) is 0 Å². The average Bonchev–Trinajstić information content (AvgIpc) is 2.53. The molecule has 1 aromatic carbocycles. The van der Waals surface area contributed by atoms with Gasteiger partial charge in [-0.1, -0.05) is 30.3 Å². The normalized spacial score (nSPS) is 22.0. The van der Waals surface area contributed by atoms with Crippen molar-refractivity contribution in [2.75, 3.05) is 13.7 Å². The van der Waals surface area contributed by atoms with Crippen LogP contribution in [0.15, 0.2) is 30.3 Å². The van der Waals surface area contributed by atoms with Crippen LogP contribution < -0.4 is 0 Å². The smallest absolute Gasteiger partial charge is 0.316 e. The summed E-state index contributed by atoms with van der Waals surface area (Å²) in [5.41, 5.74) is 1.16. The Labute approximate surface area is 125 Å². The van der Waals surface area contributed by atoms with Crippen molar-refractivity contribution in [3.05, 3.63) is 35.9 Å². The summed E-state index contributed by atoms with van der Waals surface area (Å²) in [4.78, 5) is 23.3. The molecule has 0 spiro atoms. The van der Waals surface area contributed by atoms with Gasteiger partial charge in [0, 0.05) is 13.0 Å². The lowest BCUT2D eigenvalue weighted by atomic mass is 9.79. The van der Waals surface area contributed by atoms with Gasteiger partial charge in [-0.2, -0.15) is 0 Å². The molecule has 0 saturated heterocycles. The van der Waals surface area contributed by atoms with E-state index in [1.807, 2.05) is 30.3 Å². The molecule has 1 aliphatic carbocycles. The van der Waals surface area contributed by atoms with E-state index in [-0.39, 0.29) is 5.78 Å². The summed E-state index contributed by atoms with van der Waals surface area (Å²) >= 11 is 0. The highest BCUT2D eigenvalue weighted by Crippen LogP contribution is 2.29. The number of ketones is 1. The number of Topliss-reactive ketones (excluding diaryl/α,β-unsaturated/α-hetero) is 1. The lowest BCUT2D eigenvalue weighted by molar-refractivity contribution is -0.151. The molecule has 21 heavy (non-hydrogen) atoms. The monoisotopic (exact) mass is 290 g/mol. The standard InChI is InChI=1S/C17H22O4/c1-20-17(19)15-11-13(7-8-16(15)18)9-10-21-12-14-5-3-2-4-6-14/h2-6,13,15H,7-12H2,1H3. The van der Waals surface area contributed by atoms with Gasteiger partial charge in [-0.3, -0.25) is 9.59 Å². The molecule has 2 unspecified atom stereocenters. The van der Waals surface area contributed by atoms with Crippen LogP contribution in [0.4, 0.5) is 0 Å². The van der Waals surface area contributed by atoms with E-state index in [0.29, 0.717) is 32.0 Å². The summed E-state index contributed by atoms with van der Waals surface area (Å²) in [7, 11) is 1.34. The van der Waals surface area contributed by atoms with Gasteiger partial charge in [-0.25, -0.2) is 0 Å². The second-order valence-electron chi connectivity index (χ2n) is 5.51. The van der Waals surface area contributed by atoms with E-state index >= 15 is 0 Å². The number of esters is 1. The summed E-state index contributed by atoms with van der Waals surface area (Å²) in [5, 5.41) is 0. The van der Waals surface area contributed by atoms with Crippen LogP contribution in [0.5, 0.6) is 0 Å². The molecule has 1 aliphatic rings. The predicted octanol–water partition coefficient (Wildman–Crippen LogP) is 2.75. The van der Waals surface area contributed by atoms with E-state index in [2.05, 4.69) is 0 Å². The molecule has 4 nitrogen and oxygen atoms in total. The zero-order chi connectivity index (χ0) is 15.1. The van der Waals surface area contributed by atoms with Crippen LogP contribution in [0.3, 0.4) is 0 Å². The molecule has 0 radical (unpaired) electrons. The number of rotatable bonds is 6. The molecule has 1 fully saturated rings. The van der Waals surface area contributed by atoms with Gasteiger partial charge in [0.25, 0.3) is 0 Å². The minimum atomic E-state index is -0.567. The molecular weight excluding hydrogens is 268 g/mol. The van der Waals surface area contributed by atoms with Gasteiger partial charge in [0.15, 0.2) is 0 Å². The van der Waals surface area contributed by atoms with Crippen molar-refractivity contribution in [1.29, 1.82) is 0 Å². The fraction of sp³-hybridized carbons (Fsp3) is 0.529. The van der Waals surface area contributed by atoms with Crippen molar-refractivity contribution in [1.82, 2.24) is 0 Å². The maximum Gasteiger partial charge on any atom is 0.316 e. The number of hydrogen-bond donors (Lipinski definition) is 0. The Bertz CT molecular complexity index is 461. The van der Waals surface area contributed by atoms with Gasteiger partial charge in [0.2, 0.25) is 0 Å². The van der Waals surface area contributed by atoms with E-state index in [1.54, 1.807) is 0 Å². The average molecular weight is 290 g/mol. The van der Waals surface area contributed by atoms with Gasteiger partial charge in [-0.05, 0) is 30.7 Å². The molecule has 0 N–H and O–H groups in total. The number of ether oxygens (including phenoxy) is 2. The summed E-state index contributed by atoms with van der Waals surface area (Å²) in [6, 6.07) is 10.0. The third-order valence-corrected chi connectivity index (χ3v) is 4.02. The van der Waals surface area contributed by atoms with Crippen LogP contribution in [0.25, 0.3) is 0 Å². The molecule has 0 aromatic heterocycles. The molecule has 0 heterocycles. The van der Waals surface area contributed by atoms with Gasteiger partial charge in [-0.15, -0.1) is 0 Å². The first-order valence-corrected chi connectivity index (χ1v) is 7.43. The molecular formula is C17H22O4. The number of benzene rings is 1. The van der Waals surface area contributed by atoms with Crippen molar-refractivity contribution in [2.24, 2.45) is 11.8 Å². The number of carbonyl (C=O) groups is 2. The quantitative estimate of drug-likeness (QED) is 0.459. The molecule has 114 valence electrons. The van der Waals surface area contributed by atoms with Crippen LogP contribution in [-0.4, -0.2) is 25.5 Å². The van der Waals surface area contributed by atoms with E-state index in [4.69, 9.17) is 9.47 Å². The molecule has 2 rings (SSSR count). The third kappa shape index (κ3) is 4.67. The Morgan fingerprint density at radius 2 is 2.05 bits per heavy atom. The summed E-state index contributed by atoms with van der Waals surface area (Å²) < 4.78 is 10.4. The molecule has 0 amide bonds. The molecule has 0 aliphatic heterocycles. The van der Waals surface area contributed by atoms with E-state index in [9.17, 15) is 9.59 Å². The largest absolute Gasteiger partial charge is 0.468 e. The highest BCUT2D eigenvalue weighted by Gasteiger charge is 2.34. The van der Waals surface area contributed by atoms with Crippen LogP contribution >= 0.6 is 0 Å². The van der Waals surface area contributed by atoms with Crippen molar-refractivity contribution in [3.63, 3.8) is 0 Å². The topological polar surface area (TPSA) is 52.6 Å². The van der Waals surface area contributed by atoms with Gasteiger partial charge >= 0.3 is 5.97 Å². The van der Waals surface area contributed by atoms with Crippen LogP contribution in [0, 0.1) is 11.8 Å². The van der Waals surface area contributed by atoms with Crippen molar-refractivity contribution < 1.29 is 19.1 Å². The fourth-order valence-corrected chi connectivity index (χ4v) is 2.75. The highest BCUT2D eigenvalue weighted by molar-refractivity contribution is 5.99. The second kappa shape index (κ2) is 7.93. The van der Waals surface area contributed by atoms with Crippen molar-refractivity contribution >= 4 is 11.8 Å². The Morgan fingerprint density at radius 3 is 2.76 bits per heavy atom. The Kier molecular flexibility index (Phi) is 5.93. The number of hydrogen-bond acceptors (Lipinski definition) is 4. The summed E-state index contributed by atoms with van der Waals surface area (Å²) in [5.74, 6) is -0.580. The SMILES string of the molecule is COC(=O)C1CC(CCOCc2ccccc2)CCC1=O. The van der Waals surface area contributed by atoms with Crippen molar-refractivity contribution in [2.45, 2.75) is 32.3 Å². The highest BCUT2D eigenvalue weighted by atomic mass is 16.5. The minimum absolute atomic E-state index is 0.0169. The Hall–Kier alpha value is -1.68. The van der Waals surface area contributed by atoms with Gasteiger partial charge in [0.05, 0.1) is 13.7 Å². The lowest BCUT2D eigenvalue weighted by Crippen LogP contribution is -2.32. The zero-order valence-corrected chi connectivity index (χ0v) is 12.4. The molecule has 1 saturated carbocycles. The predicted molar refractivity (Wildman–Crippen MR) is 78.6 cm³/mol. The van der Waals surface area contributed by atoms with Crippen LogP contribution in [-0.2, 0) is 25.7 Å². The van der Waals surface area contributed by atoms with Gasteiger partial charge in [0.1, 0.15) is 11.7 Å². The molecule has 1 aromatic rings. The maximum atomic E-state index is 11.7. The number of methoxy groups -OCH3 is 1. The molecule has 4 heteroatoms. The maximum absolute atomic E-state index is 11.7. The Balaban J connectivity index is 1.71. The zero-order valence-electron chi connectivity index (χ0n) is 12.4. The fourth-order valence-electron chi connectivity index (χ4n) is 2.75. The first-order valence-electron chi connectivity index (χ1n) is 7.43. The number of carbonyl (C=O) groups excluding carboxylic acids is 2. The molecule has 2 atom stereocenters. The van der Waals surface area contributed by atoms with Crippen LogP contribution in [0.2, 0.25) is 0 Å². The third-order valence-electron chi connectivity index (χ3n) is 4.02. The van der Waals surface area contributed by atoms with E-state index in [0.717, 1.165) is 18.4 Å². The van der Waals surface area contributed by atoms with E-state index in [1.165, 1.54) is 7.11 Å². The first-order chi connectivity index (χ1) is 10.2. The lowest BCUT2D eigenvalue weighted by Gasteiger charge is -2.26. The summed E-state index contributed by atoms with van der Waals surface area (Å²) in [6.45, 7) is 1.26. The minimum Gasteiger partial charge on any atom is -0.468 e. The van der Waals surface area contributed by atoms with Gasteiger partial charge < -0.3 is 9.47 Å². The summed E-state index contributed by atoms with van der Waals surface area (Å²) in [6.07, 6.45) is 2.80. The molecule has 0 bridgehead atoms. The second-order valence-corrected chi connectivity index (χ2v) is 5.51. The van der Waals surface area contributed by atoms with E-state index < -0.39 is 11.9 Å². The Morgan fingerprint density at radius 1 is 1.29 bits per heavy atom. The first kappa shape index (κ1) is 15.7. The van der Waals surface area contributed by atoms with Crippen LogP contribution in [0.1, 0.15) is 31.2 Å².